The van der Waals surface area contributed by atoms with Gasteiger partial charge in [0.15, 0.2) is 5.96 Å². The minimum atomic E-state index is -3.23. The third kappa shape index (κ3) is 6.64. The number of benzene rings is 1. The predicted molar refractivity (Wildman–Crippen MR) is 104 cm³/mol. The van der Waals surface area contributed by atoms with Crippen LogP contribution in [-0.2, 0) is 22.3 Å². The van der Waals surface area contributed by atoms with Crippen LogP contribution in [0.25, 0.3) is 0 Å². The highest BCUT2D eigenvalue weighted by atomic mass is 127. The van der Waals surface area contributed by atoms with E-state index >= 15 is 0 Å². The van der Waals surface area contributed by atoms with Crippen LogP contribution in [0.5, 0.6) is 0 Å². The first-order chi connectivity index (χ1) is 10.5. The van der Waals surface area contributed by atoms with E-state index in [0.717, 1.165) is 24.2 Å². The van der Waals surface area contributed by atoms with Gasteiger partial charge in [-0.2, -0.15) is 0 Å². The molecule has 0 unspecified atom stereocenters. The molecule has 0 amide bonds. The molecule has 2 rings (SSSR count). The molecule has 0 atom stereocenters. The van der Waals surface area contributed by atoms with Crippen molar-refractivity contribution in [1.29, 1.82) is 0 Å². The Morgan fingerprint density at radius 1 is 1.17 bits per heavy atom. The molecule has 0 aliphatic carbocycles. The van der Waals surface area contributed by atoms with Gasteiger partial charge in [-0.3, -0.25) is 0 Å². The number of guanidine groups is 1. The van der Waals surface area contributed by atoms with E-state index in [0.29, 0.717) is 12.5 Å². The maximum Gasteiger partial charge on any atom is 0.215 e. The summed E-state index contributed by atoms with van der Waals surface area (Å²) in [6, 6.07) is 7.43. The first kappa shape index (κ1) is 20.2. The molecular formula is C15H25IN4O2S. The second kappa shape index (κ2) is 9.43. The Kier molecular flexibility index (Phi) is 8.27. The van der Waals surface area contributed by atoms with E-state index < -0.39 is 10.0 Å². The quantitative estimate of drug-likeness (QED) is 0.404. The summed E-state index contributed by atoms with van der Waals surface area (Å²) in [5.41, 5.74) is 7.79. The van der Waals surface area contributed by atoms with Gasteiger partial charge < -0.3 is 10.6 Å². The second-order valence-electron chi connectivity index (χ2n) is 5.50. The van der Waals surface area contributed by atoms with Crippen LogP contribution in [0, 0.1) is 0 Å². The van der Waals surface area contributed by atoms with E-state index in [-0.39, 0.29) is 29.7 Å². The first-order valence-corrected chi connectivity index (χ1v) is 9.19. The number of sulfonamides is 1. The SMILES string of the molecule is CNS(=O)(=O)Cc1ccc(CN=C(N)N2CCCCC2)cc1.I. The lowest BCUT2D eigenvalue weighted by Gasteiger charge is -2.27. The Morgan fingerprint density at radius 2 is 1.74 bits per heavy atom. The summed E-state index contributed by atoms with van der Waals surface area (Å²) >= 11 is 0. The third-order valence-corrected chi connectivity index (χ3v) is 5.13. The van der Waals surface area contributed by atoms with E-state index in [1.165, 1.54) is 26.3 Å². The highest BCUT2D eigenvalue weighted by Crippen LogP contribution is 2.10. The number of halogens is 1. The fraction of sp³-hybridized carbons (Fsp3) is 0.533. The van der Waals surface area contributed by atoms with Crippen molar-refractivity contribution < 1.29 is 8.42 Å². The predicted octanol–water partition coefficient (Wildman–Crippen LogP) is 1.65. The maximum atomic E-state index is 11.5. The zero-order valence-corrected chi connectivity index (χ0v) is 16.5. The van der Waals surface area contributed by atoms with Gasteiger partial charge in [-0.15, -0.1) is 24.0 Å². The average Bonchev–Trinajstić information content (AvgIpc) is 2.54. The number of likely N-dealkylation sites (tertiary alicyclic amines) is 1. The third-order valence-electron chi connectivity index (χ3n) is 3.79. The number of piperidine rings is 1. The van der Waals surface area contributed by atoms with Crippen LogP contribution < -0.4 is 10.5 Å². The lowest BCUT2D eigenvalue weighted by molar-refractivity contribution is 0.338. The molecule has 1 fully saturated rings. The molecule has 0 aromatic heterocycles. The van der Waals surface area contributed by atoms with E-state index in [2.05, 4.69) is 14.6 Å². The molecule has 0 bridgehead atoms. The topological polar surface area (TPSA) is 87.8 Å². The monoisotopic (exact) mass is 452 g/mol. The smallest absolute Gasteiger partial charge is 0.215 e. The van der Waals surface area contributed by atoms with Crippen molar-refractivity contribution >= 4 is 40.0 Å². The number of hydrogen-bond donors (Lipinski definition) is 2. The number of aliphatic imine (C=N–C) groups is 1. The Hall–Kier alpha value is -0.870. The molecule has 8 heteroatoms. The Labute approximate surface area is 155 Å². The first-order valence-electron chi connectivity index (χ1n) is 7.54. The van der Waals surface area contributed by atoms with Crippen LogP contribution in [-0.4, -0.2) is 39.4 Å². The zero-order chi connectivity index (χ0) is 16.0. The van der Waals surface area contributed by atoms with E-state index in [4.69, 9.17) is 5.73 Å². The Morgan fingerprint density at radius 3 is 2.30 bits per heavy atom. The summed E-state index contributed by atoms with van der Waals surface area (Å²) < 4.78 is 25.3. The van der Waals surface area contributed by atoms with Gasteiger partial charge in [-0.1, -0.05) is 24.3 Å². The summed E-state index contributed by atoms with van der Waals surface area (Å²) in [4.78, 5) is 6.55. The van der Waals surface area contributed by atoms with Crippen LogP contribution in [0.15, 0.2) is 29.3 Å². The van der Waals surface area contributed by atoms with Crippen LogP contribution in [0.4, 0.5) is 0 Å². The lowest BCUT2D eigenvalue weighted by Crippen LogP contribution is -2.40. The van der Waals surface area contributed by atoms with Gasteiger partial charge in [0.25, 0.3) is 0 Å². The van der Waals surface area contributed by atoms with Gasteiger partial charge in [0, 0.05) is 13.1 Å². The molecule has 1 heterocycles. The fourth-order valence-electron chi connectivity index (χ4n) is 2.43. The summed E-state index contributed by atoms with van der Waals surface area (Å²) in [6.07, 6.45) is 3.61. The normalized spacial score (nSPS) is 16.0. The van der Waals surface area contributed by atoms with Gasteiger partial charge in [0.1, 0.15) is 0 Å². The van der Waals surface area contributed by atoms with Crippen LogP contribution in [0.3, 0.4) is 0 Å². The van der Waals surface area contributed by atoms with Crippen molar-refractivity contribution in [2.45, 2.75) is 31.6 Å². The molecule has 0 saturated carbocycles. The number of nitrogens with two attached hydrogens (primary N) is 1. The maximum absolute atomic E-state index is 11.5. The van der Waals surface area contributed by atoms with E-state index in [1.54, 1.807) is 0 Å². The van der Waals surface area contributed by atoms with Crippen molar-refractivity contribution in [3.63, 3.8) is 0 Å². The molecule has 1 saturated heterocycles. The van der Waals surface area contributed by atoms with Crippen LogP contribution >= 0.6 is 24.0 Å². The Balaban J connectivity index is 0.00000264. The summed E-state index contributed by atoms with van der Waals surface area (Å²) in [6.45, 7) is 2.48. The molecule has 3 N–H and O–H groups in total. The fourth-order valence-corrected chi connectivity index (χ4v) is 3.20. The molecule has 0 radical (unpaired) electrons. The van der Waals surface area contributed by atoms with Gasteiger partial charge in [0.2, 0.25) is 10.0 Å². The number of nitrogens with one attached hydrogen (secondary N) is 1. The molecule has 1 aromatic rings. The highest BCUT2D eigenvalue weighted by molar-refractivity contribution is 14.0. The number of nitrogens with zero attached hydrogens (tertiary/aromatic N) is 2. The molecule has 1 aromatic carbocycles. The average molecular weight is 452 g/mol. The minimum Gasteiger partial charge on any atom is -0.370 e. The zero-order valence-electron chi connectivity index (χ0n) is 13.4. The molecular weight excluding hydrogens is 427 g/mol. The lowest BCUT2D eigenvalue weighted by atomic mass is 10.1. The summed E-state index contributed by atoms with van der Waals surface area (Å²) in [7, 11) is -1.81. The van der Waals surface area contributed by atoms with Crippen molar-refractivity contribution in [1.82, 2.24) is 9.62 Å². The van der Waals surface area contributed by atoms with E-state index in [1.807, 2.05) is 24.3 Å². The van der Waals surface area contributed by atoms with Crippen LogP contribution in [0.2, 0.25) is 0 Å². The van der Waals surface area contributed by atoms with Gasteiger partial charge in [-0.05, 0) is 37.4 Å². The van der Waals surface area contributed by atoms with E-state index in [9.17, 15) is 8.42 Å². The van der Waals surface area contributed by atoms with Gasteiger partial charge in [0.05, 0.1) is 12.3 Å². The van der Waals surface area contributed by atoms with Crippen LogP contribution in [0.1, 0.15) is 30.4 Å². The molecule has 1 aliphatic rings. The van der Waals surface area contributed by atoms with Crippen molar-refractivity contribution in [2.24, 2.45) is 10.7 Å². The molecule has 130 valence electrons. The highest BCUT2D eigenvalue weighted by Gasteiger charge is 2.11. The van der Waals surface area contributed by atoms with Gasteiger partial charge >= 0.3 is 0 Å². The molecule has 23 heavy (non-hydrogen) atoms. The number of rotatable bonds is 5. The second-order valence-corrected chi connectivity index (χ2v) is 7.43. The number of hydrogen-bond acceptors (Lipinski definition) is 3. The molecule has 6 nitrogen and oxygen atoms in total. The summed E-state index contributed by atoms with van der Waals surface area (Å²) in [5.74, 6) is 0.588. The standard InChI is InChI=1S/C15H24N4O2S.HI/c1-17-22(20,21)12-14-7-5-13(6-8-14)11-18-15(16)19-9-3-2-4-10-19;/h5-8,17H,2-4,9-12H2,1H3,(H2,16,18);1H. The van der Waals surface area contributed by atoms with Crippen molar-refractivity contribution in [3.05, 3.63) is 35.4 Å². The van der Waals surface area contributed by atoms with Crippen molar-refractivity contribution in [2.75, 3.05) is 20.1 Å². The largest absolute Gasteiger partial charge is 0.370 e. The van der Waals surface area contributed by atoms with Crippen molar-refractivity contribution in [3.8, 4) is 0 Å². The minimum absolute atomic E-state index is 0. The van der Waals surface area contributed by atoms with Gasteiger partial charge in [-0.25, -0.2) is 18.1 Å². The molecule has 0 spiro atoms. The Bertz CT molecular complexity index is 611. The molecule has 1 aliphatic heterocycles. The summed E-state index contributed by atoms with van der Waals surface area (Å²) in [5, 5.41) is 0.